The molecule has 1 N–H and O–H groups in total. The van der Waals surface area contributed by atoms with Crippen molar-refractivity contribution in [2.45, 2.75) is 56.5 Å². The minimum absolute atomic E-state index is 0.0326. The minimum atomic E-state index is -4.66. The molecule has 7 nitrogen and oxygen atoms in total. The van der Waals surface area contributed by atoms with Gasteiger partial charge in [0.2, 0.25) is 5.95 Å². The van der Waals surface area contributed by atoms with E-state index in [4.69, 9.17) is 0 Å². The van der Waals surface area contributed by atoms with Crippen LogP contribution in [0.5, 0.6) is 0 Å². The van der Waals surface area contributed by atoms with Crippen molar-refractivity contribution in [3.63, 3.8) is 0 Å². The summed E-state index contributed by atoms with van der Waals surface area (Å²) in [6.07, 6.45) is 0.777. The molecule has 2 aliphatic rings. The number of likely N-dealkylation sites (tertiary alicyclic amines) is 1. The third-order valence-electron chi connectivity index (χ3n) is 6.98. The van der Waals surface area contributed by atoms with E-state index in [9.17, 15) is 22.0 Å². The van der Waals surface area contributed by atoms with Crippen LogP contribution in [0.3, 0.4) is 0 Å². The number of hydrogen-bond acceptors (Lipinski definition) is 6. The lowest BCUT2D eigenvalue weighted by Gasteiger charge is -2.36. The number of anilines is 1. The zero-order chi connectivity index (χ0) is 29.1. The molecule has 0 saturated carbocycles. The molecule has 216 valence electrons. The van der Waals surface area contributed by atoms with Gasteiger partial charge in [-0.05, 0) is 38.3 Å². The molecular formula is C26H30F6N7P. The number of nitrogens with zero attached hydrogens (tertiary/aromatic N) is 6. The Hall–Kier alpha value is -3.08. The largest absolute Gasteiger partial charge is 0.433 e. The van der Waals surface area contributed by atoms with Gasteiger partial charge in [0.05, 0.1) is 12.2 Å². The number of amidine groups is 1. The number of alkyl halides is 4. The van der Waals surface area contributed by atoms with Gasteiger partial charge in [-0.15, -0.1) is 0 Å². The molecule has 4 rings (SSSR count). The van der Waals surface area contributed by atoms with Gasteiger partial charge in [0.25, 0.3) is 0 Å². The molecule has 0 aromatic carbocycles. The van der Waals surface area contributed by atoms with Crippen LogP contribution in [0.2, 0.25) is 0 Å². The first kappa shape index (κ1) is 29.9. The van der Waals surface area contributed by atoms with Crippen LogP contribution in [0, 0.1) is 6.92 Å². The van der Waals surface area contributed by atoms with Gasteiger partial charge in [-0.2, -0.15) is 13.2 Å². The van der Waals surface area contributed by atoms with E-state index in [-0.39, 0.29) is 35.8 Å². The van der Waals surface area contributed by atoms with E-state index in [0.717, 1.165) is 12.3 Å². The van der Waals surface area contributed by atoms with Crippen LogP contribution in [0.25, 0.3) is 0 Å². The fraction of sp³-hybridized carbons (Fsp3) is 0.500. The minimum Gasteiger partial charge on any atom is -0.360 e. The van der Waals surface area contributed by atoms with Crippen LogP contribution in [-0.4, -0.2) is 57.4 Å². The van der Waals surface area contributed by atoms with Crippen molar-refractivity contribution in [3.8, 4) is 0 Å². The molecule has 0 spiro atoms. The smallest absolute Gasteiger partial charge is 0.360 e. The summed E-state index contributed by atoms with van der Waals surface area (Å²) < 4.78 is 83.5. The predicted molar refractivity (Wildman–Crippen MR) is 143 cm³/mol. The van der Waals surface area contributed by atoms with E-state index in [1.165, 1.54) is 12.3 Å². The molecule has 3 heterocycles. The van der Waals surface area contributed by atoms with Crippen molar-refractivity contribution < 1.29 is 26.3 Å². The Bertz CT molecular complexity index is 1320. The Kier molecular flexibility index (Phi) is 9.12. The fourth-order valence-electron chi connectivity index (χ4n) is 4.83. The van der Waals surface area contributed by atoms with Gasteiger partial charge >= 0.3 is 6.18 Å². The highest BCUT2D eigenvalue weighted by molar-refractivity contribution is 7.18. The summed E-state index contributed by atoms with van der Waals surface area (Å²) in [7, 11) is 3.67. The lowest BCUT2D eigenvalue weighted by molar-refractivity contribution is -0.141. The third-order valence-corrected chi connectivity index (χ3v) is 7.49. The maximum absolute atomic E-state index is 16.0. The molecule has 1 aliphatic carbocycles. The zero-order valence-corrected chi connectivity index (χ0v) is 23.2. The predicted octanol–water partition coefficient (Wildman–Crippen LogP) is 6.17. The van der Waals surface area contributed by atoms with Crippen LogP contribution in [0.1, 0.15) is 60.8 Å². The number of halogens is 6. The van der Waals surface area contributed by atoms with Gasteiger partial charge in [-0.25, -0.2) is 33.1 Å². The highest BCUT2D eigenvalue weighted by Gasteiger charge is 2.36. The summed E-state index contributed by atoms with van der Waals surface area (Å²) >= 11 is 0. The van der Waals surface area contributed by atoms with Gasteiger partial charge in [0, 0.05) is 62.4 Å². The summed E-state index contributed by atoms with van der Waals surface area (Å²) in [5.74, 6) is -0.484. The van der Waals surface area contributed by atoms with Crippen molar-refractivity contribution in [2.75, 3.05) is 32.0 Å². The maximum atomic E-state index is 16.0. The molecule has 2 aromatic rings. The lowest BCUT2D eigenvalue weighted by Crippen LogP contribution is -2.39. The summed E-state index contributed by atoms with van der Waals surface area (Å²) in [5, 5.41) is 0.412. The van der Waals surface area contributed by atoms with Gasteiger partial charge in [0.15, 0.2) is 5.41 Å². The highest BCUT2D eigenvalue weighted by atomic mass is 31.0. The molecule has 0 radical (unpaired) electrons. The molecule has 40 heavy (non-hydrogen) atoms. The molecule has 1 fully saturated rings. The number of rotatable bonds is 7. The first-order valence-corrected chi connectivity index (χ1v) is 13.4. The van der Waals surface area contributed by atoms with E-state index in [0.29, 0.717) is 49.7 Å². The number of aromatic nitrogens is 4. The number of hydrogen-bond donors (Lipinski definition) is 1. The Morgan fingerprint density at radius 3 is 2.52 bits per heavy atom. The second-order valence-corrected chi connectivity index (χ2v) is 10.7. The molecular weight excluding hydrogens is 555 g/mol. The number of aliphatic imine (C=N–C) groups is 1. The van der Waals surface area contributed by atoms with Crippen molar-refractivity contribution in [1.82, 2.24) is 24.8 Å². The molecule has 1 aliphatic heterocycles. The topological polar surface area (TPSA) is 79.2 Å². The lowest BCUT2D eigenvalue weighted by atomic mass is 9.89. The molecule has 1 saturated heterocycles. The Morgan fingerprint density at radius 1 is 1.15 bits per heavy atom. The zero-order valence-electron chi connectivity index (χ0n) is 22.1. The normalized spacial score (nSPS) is 19.0. The Labute approximate surface area is 230 Å². The monoisotopic (exact) mass is 585 g/mol. The van der Waals surface area contributed by atoms with Crippen molar-refractivity contribution in [3.05, 3.63) is 64.5 Å². The van der Waals surface area contributed by atoms with Gasteiger partial charge in [-0.1, -0.05) is 9.24 Å². The fourth-order valence-corrected chi connectivity index (χ4v) is 5.16. The summed E-state index contributed by atoms with van der Waals surface area (Å²) in [5.41, 5.74) is -0.417. The van der Waals surface area contributed by atoms with Gasteiger partial charge in [-0.3, -0.25) is 4.99 Å². The van der Waals surface area contributed by atoms with Crippen molar-refractivity contribution >= 4 is 21.0 Å². The van der Waals surface area contributed by atoms with Crippen molar-refractivity contribution in [2.24, 2.45) is 4.99 Å². The molecule has 2 atom stereocenters. The van der Waals surface area contributed by atoms with Crippen LogP contribution >= 0.6 is 9.24 Å². The first-order valence-electron chi connectivity index (χ1n) is 12.8. The summed E-state index contributed by atoms with van der Waals surface area (Å²) in [6, 6.07) is 0.733. The molecule has 2 unspecified atom stereocenters. The van der Waals surface area contributed by atoms with Gasteiger partial charge in [0.1, 0.15) is 29.0 Å². The van der Waals surface area contributed by atoms with Crippen molar-refractivity contribution in [1.29, 1.82) is 0 Å². The summed E-state index contributed by atoms with van der Waals surface area (Å²) in [6.45, 7) is 2.29. The number of piperidine rings is 1. The summed E-state index contributed by atoms with van der Waals surface area (Å²) in [4.78, 5) is 22.1. The second kappa shape index (κ2) is 12.2. The number of allylic oxidation sites excluding steroid dienone is 3. The Balaban J connectivity index is 1.46. The van der Waals surface area contributed by atoms with E-state index in [1.807, 2.05) is 4.90 Å². The van der Waals surface area contributed by atoms with Crippen LogP contribution in [0.4, 0.5) is 32.3 Å². The quantitative estimate of drug-likeness (QED) is 0.181. The average molecular weight is 586 g/mol. The van der Waals surface area contributed by atoms with Crippen LogP contribution in [-0.2, 0) is 11.6 Å². The SMILES string of the molecule is CN=C(CC1=C(F)CCC=C1F)N1CCC(c2nc(C)ncc2C(F)(P)CNc2nccc(C(F)(F)F)n2)CC1. The Morgan fingerprint density at radius 2 is 1.88 bits per heavy atom. The van der Waals surface area contributed by atoms with E-state index >= 15 is 4.39 Å². The molecule has 2 aromatic heterocycles. The standard InChI is InChI=1S/C26H30F6N7P/c1-15-35-13-18(25(29,40)14-36-24-34-9-6-21(38-24)26(30,31)32)23(37-15)16-7-10-39(11-8-16)22(33-2)12-17-19(27)4-3-5-20(17)28/h4,6,9,13,16H,3,5,7-8,10-12,14,40H2,1-2H3,(H,34,36,38). The van der Waals surface area contributed by atoms with E-state index in [1.54, 1.807) is 14.0 Å². The highest BCUT2D eigenvalue weighted by Crippen LogP contribution is 2.40. The third kappa shape index (κ3) is 6.97. The molecule has 0 amide bonds. The second-order valence-electron chi connectivity index (χ2n) is 9.75. The van der Waals surface area contributed by atoms with Gasteiger partial charge < -0.3 is 10.2 Å². The van der Waals surface area contributed by atoms with E-state index < -0.39 is 35.5 Å². The molecule has 0 bridgehead atoms. The van der Waals surface area contributed by atoms with E-state index in [2.05, 4.69) is 39.5 Å². The number of aryl methyl sites for hydroxylation is 1. The van der Waals surface area contributed by atoms with Crippen LogP contribution < -0.4 is 5.32 Å². The van der Waals surface area contributed by atoms with Crippen LogP contribution in [0.15, 0.2) is 46.8 Å². The maximum Gasteiger partial charge on any atom is 0.433 e. The first-order chi connectivity index (χ1) is 18.9. The number of nitrogens with one attached hydrogen (secondary N) is 1. The molecule has 14 heteroatoms. The average Bonchev–Trinajstić information content (AvgIpc) is 2.92.